The Morgan fingerprint density at radius 1 is 0.765 bits per heavy atom. The fourth-order valence-corrected chi connectivity index (χ4v) is 5.32. The topological polar surface area (TPSA) is 40.6 Å². The smallest absolute Gasteiger partial charge is 0.166 e. The van der Waals surface area contributed by atoms with Gasteiger partial charge in [-0.2, -0.15) is 0 Å². The molecule has 2 aromatic carbocycles. The number of likely N-dealkylation sites (tertiary alicyclic amines) is 2. The highest BCUT2D eigenvalue weighted by molar-refractivity contribution is 6.20. The number of benzene rings is 2. The second-order valence-corrected chi connectivity index (χ2v) is 9.90. The van der Waals surface area contributed by atoms with Gasteiger partial charge in [-0.1, -0.05) is 0 Å². The number of rotatable bonds is 8. The molecule has 182 valence electrons. The van der Waals surface area contributed by atoms with Crippen LogP contribution in [0, 0.1) is 23.5 Å². The van der Waals surface area contributed by atoms with E-state index < -0.39 is 0 Å². The number of ketones is 2. The van der Waals surface area contributed by atoms with Gasteiger partial charge in [-0.3, -0.25) is 14.5 Å². The standard InChI is InChI=1S/C27H31ClF2N2O2/c28-25(32-17-11-22(12-18-32)27(34)20-3-7-24(30)8-4-20)13-16-31-14-9-21(10-15-31)26(33)19-1-5-23(29)6-2-19/h1-8,21-22,25H,9-18H2. The molecule has 2 heterocycles. The van der Waals surface area contributed by atoms with Crippen LogP contribution in [-0.4, -0.2) is 59.6 Å². The van der Waals surface area contributed by atoms with Gasteiger partial charge >= 0.3 is 0 Å². The molecular weight excluding hydrogens is 458 g/mol. The van der Waals surface area contributed by atoms with Crippen LogP contribution in [0.25, 0.3) is 0 Å². The molecule has 4 nitrogen and oxygen atoms in total. The average Bonchev–Trinajstić information content (AvgIpc) is 2.88. The van der Waals surface area contributed by atoms with E-state index >= 15 is 0 Å². The van der Waals surface area contributed by atoms with E-state index in [0.717, 1.165) is 64.8 Å². The molecule has 0 aliphatic carbocycles. The van der Waals surface area contributed by atoms with E-state index in [1.54, 1.807) is 24.3 Å². The van der Waals surface area contributed by atoms with Crippen molar-refractivity contribution in [2.24, 2.45) is 11.8 Å². The Kier molecular flexibility index (Phi) is 8.46. The van der Waals surface area contributed by atoms with E-state index in [2.05, 4.69) is 9.80 Å². The quantitative estimate of drug-likeness (QED) is 0.283. The van der Waals surface area contributed by atoms with Gasteiger partial charge in [-0.25, -0.2) is 8.78 Å². The zero-order valence-corrected chi connectivity index (χ0v) is 20.0. The lowest BCUT2D eigenvalue weighted by Gasteiger charge is -2.36. The molecule has 1 unspecified atom stereocenters. The highest BCUT2D eigenvalue weighted by Crippen LogP contribution is 2.26. The molecule has 2 aromatic rings. The molecule has 0 aromatic heterocycles. The van der Waals surface area contributed by atoms with Crippen LogP contribution in [0.5, 0.6) is 0 Å². The summed E-state index contributed by atoms with van der Waals surface area (Å²) in [6.07, 6.45) is 3.96. The first-order valence-electron chi connectivity index (χ1n) is 12.1. The van der Waals surface area contributed by atoms with E-state index in [9.17, 15) is 18.4 Å². The van der Waals surface area contributed by atoms with Crippen molar-refractivity contribution in [1.82, 2.24) is 9.80 Å². The van der Waals surface area contributed by atoms with Gasteiger partial charge in [0.2, 0.25) is 0 Å². The molecule has 0 N–H and O–H groups in total. The highest BCUT2D eigenvalue weighted by Gasteiger charge is 2.30. The van der Waals surface area contributed by atoms with Gasteiger partial charge in [0.15, 0.2) is 11.6 Å². The monoisotopic (exact) mass is 488 g/mol. The lowest BCUT2D eigenvalue weighted by atomic mass is 9.88. The summed E-state index contributed by atoms with van der Waals surface area (Å²) in [4.78, 5) is 29.9. The van der Waals surface area contributed by atoms with Crippen LogP contribution < -0.4 is 0 Å². The fourth-order valence-electron chi connectivity index (χ4n) is 5.03. The van der Waals surface area contributed by atoms with Crippen molar-refractivity contribution in [3.8, 4) is 0 Å². The number of carbonyl (C=O) groups is 2. The van der Waals surface area contributed by atoms with Crippen molar-refractivity contribution in [3.05, 3.63) is 71.3 Å². The predicted octanol–water partition coefficient (Wildman–Crippen LogP) is 5.41. The molecule has 34 heavy (non-hydrogen) atoms. The summed E-state index contributed by atoms with van der Waals surface area (Å²) in [5, 5.41) is 0. The first-order chi connectivity index (χ1) is 16.4. The van der Waals surface area contributed by atoms with Crippen molar-refractivity contribution < 1.29 is 18.4 Å². The minimum Gasteiger partial charge on any atom is -0.303 e. The second kappa shape index (κ2) is 11.5. The summed E-state index contributed by atoms with van der Waals surface area (Å²) in [6.45, 7) is 4.14. The van der Waals surface area contributed by atoms with Crippen molar-refractivity contribution in [2.75, 3.05) is 32.7 Å². The lowest BCUT2D eigenvalue weighted by molar-refractivity contribution is 0.0805. The number of Topliss-reactive ketones (excluding diaryl/α,β-unsaturated/α-hetero) is 2. The van der Waals surface area contributed by atoms with E-state index in [4.69, 9.17) is 11.6 Å². The SMILES string of the molecule is O=C(c1ccc(F)cc1)C1CCN(CCC(Cl)N2CCC(C(=O)c3ccc(F)cc3)CC2)CC1. The van der Waals surface area contributed by atoms with Gasteiger partial charge in [-0.15, -0.1) is 11.6 Å². The second-order valence-electron chi connectivity index (χ2n) is 9.39. The Morgan fingerprint density at radius 3 is 1.62 bits per heavy atom. The molecule has 1 atom stereocenters. The number of halogens is 3. The zero-order chi connectivity index (χ0) is 24.1. The summed E-state index contributed by atoms with van der Waals surface area (Å²) < 4.78 is 26.2. The Bertz CT molecular complexity index is 967. The molecule has 2 aliphatic heterocycles. The van der Waals surface area contributed by atoms with Crippen molar-refractivity contribution in [1.29, 1.82) is 0 Å². The third-order valence-corrected chi connectivity index (χ3v) is 7.69. The molecule has 4 rings (SSSR count). The predicted molar refractivity (Wildman–Crippen MR) is 129 cm³/mol. The molecule has 2 aliphatic rings. The molecule has 0 amide bonds. The maximum Gasteiger partial charge on any atom is 0.166 e. The van der Waals surface area contributed by atoms with Crippen molar-refractivity contribution >= 4 is 23.2 Å². The average molecular weight is 489 g/mol. The van der Waals surface area contributed by atoms with Crippen LogP contribution >= 0.6 is 11.6 Å². The minimum absolute atomic E-state index is 0.00816. The Balaban J connectivity index is 1.17. The van der Waals surface area contributed by atoms with Gasteiger partial charge in [-0.05, 0) is 93.7 Å². The number of nitrogens with zero attached hydrogens (tertiary/aromatic N) is 2. The van der Waals surface area contributed by atoms with Crippen LogP contribution in [0.4, 0.5) is 8.78 Å². The number of hydrogen-bond acceptors (Lipinski definition) is 4. The highest BCUT2D eigenvalue weighted by atomic mass is 35.5. The molecule has 0 spiro atoms. The Labute approximate surface area is 204 Å². The van der Waals surface area contributed by atoms with Crippen LogP contribution in [0.15, 0.2) is 48.5 Å². The zero-order valence-electron chi connectivity index (χ0n) is 19.3. The van der Waals surface area contributed by atoms with Gasteiger partial charge in [0.05, 0.1) is 5.50 Å². The molecule has 2 fully saturated rings. The van der Waals surface area contributed by atoms with Crippen LogP contribution in [0.2, 0.25) is 0 Å². The van der Waals surface area contributed by atoms with E-state index in [1.165, 1.54) is 24.3 Å². The first-order valence-corrected chi connectivity index (χ1v) is 12.5. The van der Waals surface area contributed by atoms with Crippen molar-refractivity contribution in [2.45, 2.75) is 37.6 Å². The lowest BCUT2D eigenvalue weighted by Crippen LogP contribution is -2.43. The van der Waals surface area contributed by atoms with E-state index in [0.29, 0.717) is 11.1 Å². The Hall–Kier alpha value is -2.15. The number of piperidine rings is 2. The number of alkyl halides is 1. The van der Waals surface area contributed by atoms with Gasteiger partial charge < -0.3 is 4.90 Å². The molecule has 0 radical (unpaired) electrons. The molecule has 2 saturated heterocycles. The fraction of sp³-hybridized carbons (Fsp3) is 0.481. The van der Waals surface area contributed by atoms with E-state index in [-0.39, 0.29) is 40.5 Å². The summed E-state index contributed by atoms with van der Waals surface area (Å²) in [7, 11) is 0. The molecule has 0 saturated carbocycles. The first kappa shape index (κ1) is 25.0. The third-order valence-electron chi connectivity index (χ3n) is 7.20. The van der Waals surface area contributed by atoms with Crippen LogP contribution in [-0.2, 0) is 0 Å². The van der Waals surface area contributed by atoms with E-state index in [1.807, 2.05) is 0 Å². The molecular formula is C27H31ClF2N2O2. The maximum atomic E-state index is 13.1. The number of carbonyl (C=O) groups excluding carboxylic acids is 2. The van der Waals surface area contributed by atoms with Crippen molar-refractivity contribution in [3.63, 3.8) is 0 Å². The Morgan fingerprint density at radius 2 is 1.18 bits per heavy atom. The molecule has 0 bridgehead atoms. The largest absolute Gasteiger partial charge is 0.303 e. The van der Waals surface area contributed by atoms with Gasteiger partial charge in [0.25, 0.3) is 0 Å². The normalized spacial score (nSPS) is 19.7. The maximum absolute atomic E-state index is 13.1. The third kappa shape index (κ3) is 6.29. The summed E-state index contributed by atoms with van der Waals surface area (Å²) in [5.41, 5.74) is 1.08. The molecule has 7 heteroatoms. The summed E-state index contributed by atoms with van der Waals surface area (Å²) in [5.74, 6) is -0.517. The summed E-state index contributed by atoms with van der Waals surface area (Å²) in [6, 6.07) is 11.6. The number of hydrogen-bond donors (Lipinski definition) is 0. The van der Waals surface area contributed by atoms with Crippen LogP contribution in [0.3, 0.4) is 0 Å². The van der Waals surface area contributed by atoms with Crippen LogP contribution in [0.1, 0.15) is 52.8 Å². The minimum atomic E-state index is -0.333. The van der Waals surface area contributed by atoms with Gasteiger partial charge in [0, 0.05) is 42.6 Å². The summed E-state index contributed by atoms with van der Waals surface area (Å²) >= 11 is 6.70. The van der Waals surface area contributed by atoms with Gasteiger partial charge in [0.1, 0.15) is 11.6 Å².